The van der Waals surface area contributed by atoms with E-state index >= 15 is 0 Å². The van der Waals surface area contributed by atoms with E-state index in [1.165, 1.54) is 13.0 Å². The van der Waals surface area contributed by atoms with Crippen molar-refractivity contribution in [3.05, 3.63) is 80.3 Å². The Morgan fingerprint density at radius 1 is 1.00 bits per heavy atom. The maximum absolute atomic E-state index is 14.0. The van der Waals surface area contributed by atoms with Gasteiger partial charge >= 0.3 is 11.7 Å². The third-order valence-electron chi connectivity index (χ3n) is 5.62. The lowest BCUT2D eigenvalue weighted by Crippen LogP contribution is -2.45. The van der Waals surface area contributed by atoms with E-state index in [1.807, 2.05) is 0 Å². The van der Waals surface area contributed by atoms with Crippen molar-refractivity contribution in [3.8, 4) is 0 Å². The minimum Gasteiger partial charge on any atom is -0.443 e. The number of esters is 1. The van der Waals surface area contributed by atoms with Gasteiger partial charge in [-0.2, -0.15) is 0 Å². The normalized spacial score (nSPS) is 13.0. The lowest BCUT2D eigenvalue weighted by molar-refractivity contribution is -0.150. The maximum atomic E-state index is 14.0. The average Bonchev–Trinajstić information content (AvgIpc) is 2.81. The third-order valence-corrected chi connectivity index (χ3v) is 5.62. The van der Waals surface area contributed by atoms with Gasteiger partial charge < -0.3 is 15.8 Å². The van der Waals surface area contributed by atoms with E-state index < -0.39 is 65.9 Å². The van der Waals surface area contributed by atoms with Crippen LogP contribution in [0, 0.1) is 23.4 Å². The van der Waals surface area contributed by atoms with Crippen LogP contribution < -0.4 is 22.3 Å². The summed E-state index contributed by atoms with van der Waals surface area (Å²) in [4.78, 5) is 50.9. The Bertz CT molecular complexity index is 1430. The van der Waals surface area contributed by atoms with Gasteiger partial charge in [0.1, 0.15) is 30.0 Å². The number of hydrogen-bond donors (Lipinski definition) is 2. The van der Waals surface area contributed by atoms with Crippen LogP contribution >= 0.6 is 0 Å². The van der Waals surface area contributed by atoms with E-state index in [2.05, 4.69) is 5.32 Å². The van der Waals surface area contributed by atoms with Crippen LogP contribution in [-0.2, 0) is 27.6 Å². The molecule has 3 rings (SSSR count). The molecule has 9 nitrogen and oxygen atoms in total. The van der Waals surface area contributed by atoms with Gasteiger partial charge in [0.2, 0.25) is 5.91 Å². The van der Waals surface area contributed by atoms with Gasteiger partial charge in [-0.15, -0.1) is 0 Å². The van der Waals surface area contributed by atoms with Crippen molar-refractivity contribution in [1.82, 2.24) is 14.5 Å². The fourth-order valence-corrected chi connectivity index (χ4v) is 3.52. The highest BCUT2D eigenvalue weighted by molar-refractivity contribution is 5.80. The number of rotatable bonds is 8. The van der Waals surface area contributed by atoms with Crippen LogP contribution in [0.25, 0.3) is 10.9 Å². The van der Waals surface area contributed by atoms with Crippen molar-refractivity contribution in [2.45, 2.75) is 46.1 Å². The number of nitrogens with two attached hydrogens (primary N) is 1. The van der Waals surface area contributed by atoms with Crippen molar-refractivity contribution in [2.75, 3.05) is 0 Å². The Hall–Kier alpha value is -3.93. The molecule has 36 heavy (non-hydrogen) atoms. The smallest absolute Gasteiger partial charge is 0.334 e. The number of nitrogens with one attached hydrogen (secondary N) is 1. The van der Waals surface area contributed by atoms with Gasteiger partial charge in [0.25, 0.3) is 5.56 Å². The Morgan fingerprint density at radius 3 is 2.28 bits per heavy atom. The zero-order valence-corrected chi connectivity index (χ0v) is 19.8. The fraction of sp³-hybridized carbons (Fsp3) is 0.333. The quantitative estimate of drug-likeness (QED) is 0.450. The number of carbonyl (C=O) groups is 2. The molecule has 0 spiro atoms. The van der Waals surface area contributed by atoms with Gasteiger partial charge in [-0.3, -0.25) is 23.5 Å². The monoisotopic (exact) mass is 506 g/mol. The number of halogens is 3. The van der Waals surface area contributed by atoms with Crippen molar-refractivity contribution in [3.63, 3.8) is 0 Å². The van der Waals surface area contributed by atoms with Gasteiger partial charge in [-0.05, 0) is 37.1 Å². The minimum absolute atomic E-state index is 0.0107. The number of aromatic nitrogens is 2. The molecule has 0 saturated carbocycles. The summed E-state index contributed by atoms with van der Waals surface area (Å²) in [5, 5.41) is 2.20. The van der Waals surface area contributed by atoms with Crippen LogP contribution in [0.1, 0.15) is 32.4 Å². The second kappa shape index (κ2) is 10.8. The molecule has 192 valence electrons. The Kier molecular flexibility index (Phi) is 7.98. The lowest BCUT2D eigenvalue weighted by Gasteiger charge is -2.18. The Morgan fingerprint density at radius 2 is 1.64 bits per heavy atom. The van der Waals surface area contributed by atoms with Gasteiger partial charge in [-0.25, -0.2) is 18.0 Å². The molecule has 2 aromatic carbocycles. The van der Waals surface area contributed by atoms with Crippen LogP contribution in [0.3, 0.4) is 0 Å². The first-order valence-electron chi connectivity index (χ1n) is 11.0. The predicted octanol–water partition coefficient (Wildman–Crippen LogP) is 1.94. The molecule has 2 atom stereocenters. The molecule has 1 amide bonds. The summed E-state index contributed by atoms with van der Waals surface area (Å²) in [5.41, 5.74) is 3.78. The van der Waals surface area contributed by atoms with Gasteiger partial charge in [0, 0.05) is 11.6 Å². The van der Waals surface area contributed by atoms with Crippen LogP contribution in [0.2, 0.25) is 0 Å². The Balaban J connectivity index is 1.94. The highest BCUT2D eigenvalue weighted by Crippen LogP contribution is 2.17. The van der Waals surface area contributed by atoms with Crippen LogP contribution in [0.4, 0.5) is 13.2 Å². The summed E-state index contributed by atoms with van der Waals surface area (Å²) >= 11 is 0. The molecule has 0 radical (unpaired) electrons. The SMILES string of the molecule is CC(C)[C@H](N)C(=O)OCn1c(=O)n(CC(=O)N[C@@H](C)c2ccc(F)cc2F)c(=O)c2cc(F)ccc21. The molecular weight excluding hydrogens is 481 g/mol. The molecule has 0 aliphatic carbocycles. The largest absolute Gasteiger partial charge is 0.443 e. The molecule has 3 N–H and O–H groups in total. The van der Waals surface area contributed by atoms with Crippen LogP contribution in [0.15, 0.2) is 46.0 Å². The first-order valence-corrected chi connectivity index (χ1v) is 11.0. The molecule has 1 heterocycles. The van der Waals surface area contributed by atoms with E-state index in [0.717, 1.165) is 28.8 Å². The van der Waals surface area contributed by atoms with Gasteiger partial charge in [0.05, 0.1) is 16.9 Å². The van der Waals surface area contributed by atoms with Crippen LogP contribution in [0.5, 0.6) is 0 Å². The first-order chi connectivity index (χ1) is 16.9. The maximum Gasteiger partial charge on any atom is 0.334 e. The minimum atomic E-state index is -0.999. The van der Waals surface area contributed by atoms with Crippen molar-refractivity contribution < 1.29 is 27.5 Å². The zero-order chi connectivity index (χ0) is 26.7. The third kappa shape index (κ3) is 5.65. The predicted molar refractivity (Wildman–Crippen MR) is 124 cm³/mol. The highest BCUT2D eigenvalue weighted by Gasteiger charge is 2.22. The van der Waals surface area contributed by atoms with E-state index in [1.54, 1.807) is 13.8 Å². The molecule has 3 aromatic rings. The summed E-state index contributed by atoms with van der Waals surface area (Å²) in [7, 11) is 0. The summed E-state index contributed by atoms with van der Waals surface area (Å²) in [6, 6.07) is 4.04. The van der Waals surface area contributed by atoms with E-state index in [-0.39, 0.29) is 22.4 Å². The number of nitrogens with zero attached hydrogens (tertiary/aromatic N) is 2. The molecule has 0 fully saturated rings. The topological polar surface area (TPSA) is 125 Å². The Labute approximate surface area is 203 Å². The first kappa shape index (κ1) is 26.7. The van der Waals surface area contributed by atoms with E-state index in [9.17, 15) is 32.3 Å². The molecule has 0 aliphatic rings. The summed E-state index contributed by atoms with van der Waals surface area (Å²) in [6.07, 6.45) is 0. The number of hydrogen-bond acceptors (Lipinski definition) is 6. The molecule has 12 heteroatoms. The summed E-state index contributed by atoms with van der Waals surface area (Å²) in [5.74, 6) is -4.32. The number of carbonyl (C=O) groups excluding carboxylic acids is 2. The number of benzene rings is 2. The number of ether oxygens (including phenoxy) is 1. The molecule has 0 unspecified atom stereocenters. The van der Waals surface area contributed by atoms with E-state index in [0.29, 0.717) is 10.6 Å². The lowest BCUT2D eigenvalue weighted by atomic mass is 10.1. The molecular formula is C24H25F3N4O5. The summed E-state index contributed by atoms with van der Waals surface area (Å²) < 4.78 is 47.7. The average molecular weight is 506 g/mol. The van der Waals surface area contributed by atoms with Gasteiger partial charge in [0.15, 0.2) is 6.73 Å². The second-order valence-corrected chi connectivity index (χ2v) is 8.58. The number of fused-ring (bicyclic) bond motifs is 1. The molecule has 0 saturated heterocycles. The molecule has 1 aromatic heterocycles. The molecule has 0 bridgehead atoms. The number of amides is 1. The molecule has 0 aliphatic heterocycles. The van der Waals surface area contributed by atoms with Crippen LogP contribution in [-0.4, -0.2) is 27.1 Å². The highest BCUT2D eigenvalue weighted by atomic mass is 19.1. The fourth-order valence-electron chi connectivity index (χ4n) is 3.52. The zero-order valence-electron chi connectivity index (χ0n) is 19.8. The van der Waals surface area contributed by atoms with Crippen molar-refractivity contribution in [2.24, 2.45) is 11.7 Å². The van der Waals surface area contributed by atoms with Crippen molar-refractivity contribution in [1.29, 1.82) is 0 Å². The summed E-state index contributed by atoms with van der Waals surface area (Å²) in [6.45, 7) is 3.40. The van der Waals surface area contributed by atoms with E-state index in [4.69, 9.17) is 10.5 Å². The second-order valence-electron chi connectivity index (χ2n) is 8.58. The van der Waals surface area contributed by atoms with Gasteiger partial charge in [-0.1, -0.05) is 19.9 Å². The standard InChI is InChI=1S/C24H25F3N4O5/c1-12(2)21(28)23(34)36-11-31-19-7-5-14(25)8-17(19)22(33)30(24(31)35)10-20(32)29-13(3)16-6-4-15(26)9-18(16)27/h4-9,12-13,21H,10-11,28H2,1-3H3,(H,29,32)/t13-,21-/m0/s1. The van der Waals surface area contributed by atoms with Crippen molar-refractivity contribution >= 4 is 22.8 Å².